The van der Waals surface area contributed by atoms with Crippen LogP contribution in [0.15, 0.2) is 0 Å². The van der Waals surface area contributed by atoms with Crippen molar-refractivity contribution < 1.29 is 14.3 Å². The summed E-state index contributed by atoms with van der Waals surface area (Å²) >= 11 is 0. The summed E-state index contributed by atoms with van der Waals surface area (Å²) in [7, 11) is 0. The van der Waals surface area contributed by atoms with E-state index in [0.29, 0.717) is 26.1 Å². The van der Waals surface area contributed by atoms with Crippen LogP contribution in [0.1, 0.15) is 52.4 Å². The van der Waals surface area contributed by atoms with Gasteiger partial charge in [0, 0.05) is 19.5 Å². The maximum atomic E-state index is 12.8. The third-order valence-corrected chi connectivity index (χ3v) is 4.20. The van der Waals surface area contributed by atoms with Crippen molar-refractivity contribution in [1.82, 2.24) is 10.2 Å². The first-order chi connectivity index (χ1) is 9.53. The second-order valence-electron chi connectivity index (χ2n) is 6.15. The van der Waals surface area contributed by atoms with Gasteiger partial charge in [-0.1, -0.05) is 19.3 Å². The minimum absolute atomic E-state index is 0.00697. The van der Waals surface area contributed by atoms with E-state index in [0.717, 1.165) is 32.1 Å². The molecule has 2 aliphatic rings. The predicted molar refractivity (Wildman–Crippen MR) is 76.2 cm³/mol. The van der Waals surface area contributed by atoms with Gasteiger partial charge < -0.3 is 15.0 Å². The highest BCUT2D eigenvalue weighted by molar-refractivity contribution is 5.93. The molecule has 0 aromatic carbocycles. The highest BCUT2D eigenvalue weighted by Gasteiger charge is 2.44. The first kappa shape index (κ1) is 15.3. The molecule has 2 rings (SSSR count). The average molecular weight is 282 g/mol. The molecule has 0 atom stereocenters. The monoisotopic (exact) mass is 282 g/mol. The molecule has 1 N–H and O–H groups in total. The van der Waals surface area contributed by atoms with Crippen LogP contribution in [0.2, 0.25) is 0 Å². The maximum absolute atomic E-state index is 12.8. The smallest absolute Gasteiger partial charge is 0.248 e. The summed E-state index contributed by atoms with van der Waals surface area (Å²) in [6, 6.07) is 0. The molecule has 1 heterocycles. The molecule has 1 aliphatic carbocycles. The van der Waals surface area contributed by atoms with E-state index < -0.39 is 5.54 Å². The van der Waals surface area contributed by atoms with Gasteiger partial charge in [-0.15, -0.1) is 0 Å². The molecule has 0 unspecified atom stereocenters. The van der Waals surface area contributed by atoms with Gasteiger partial charge in [0.1, 0.15) is 5.54 Å². The van der Waals surface area contributed by atoms with Gasteiger partial charge in [0.2, 0.25) is 11.8 Å². The average Bonchev–Trinajstić information content (AvgIpc) is 2.51. The Morgan fingerprint density at radius 3 is 2.60 bits per heavy atom. The molecule has 1 saturated carbocycles. The predicted octanol–water partition coefficient (Wildman–Crippen LogP) is 1.46. The van der Waals surface area contributed by atoms with E-state index in [9.17, 15) is 9.59 Å². The molecule has 2 fully saturated rings. The van der Waals surface area contributed by atoms with E-state index >= 15 is 0 Å². The van der Waals surface area contributed by atoms with Crippen LogP contribution in [-0.2, 0) is 14.3 Å². The van der Waals surface area contributed by atoms with Gasteiger partial charge >= 0.3 is 0 Å². The van der Waals surface area contributed by atoms with Crippen LogP contribution >= 0.6 is 0 Å². The third kappa shape index (κ3) is 3.51. The lowest BCUT2D eigenvalue weighted by atomic mass is 9.80. The number of amides is 2. The number of nitrogens with zero attached hydrogens (tertiary/aromatic N) is 1. The second-order valence-corrected chi connectivity index (χ2v) is 6.15. The number of hydrogen-bond donors (Lipinski definition) is 1. The van der Waals surface area contributed by atoms with Gasteiger partial charge in [0.15, 0.2) is 0 Å². The van der Waals surface area contributed by atoms with E-state index in [-0.39, 0.29) is 17.9 Å². The number of carbonyl (C=O) groups is 2. The zero-order chi connectivity index (χ0) is 14.6. The lowest BCUT2D eigenvalue weighted by Gasteiger charge is -2.38. The van der Waals surface area contributed by atoms with E-state index in [4.69, 9.17) is 4.74 Å². The van der Waals surface area contributed by atoms with Gasteiger partial charge in [-0.3, -0.25) is 9.59 Å². The van der Waals surface area contributed by atoms with Gasteiger partial charge in [0.05, 0.1) is 12.7 Å². The summed E-state index contributed by atoms with van der Waals surface area (Å²) in [5.74, 6) is 0.0999. The van der Waals surface area contributed by atoms with Crippen LogP contribution in [0.5, 0.6) is 0 Å². The van der Waals surface area contributed by atoms with Crippen LogP contribution in [0.25, 0.3) is 0 Å². The summed E-state index contributed by atoms with van der Waals surface area (Å²) in [6.45, 7) is 5.59. The Morgan fingerprint density at radius 2 is 1.95 bits per heavy atom. The zero-order valence-electron chi connectivity index (χ0n) is 12.6. The Kier molecular flexibility index (Phi) is 5.02. The highest BCUT2D eigenvalue weighted by atomic mass is 16.5. The molecule has 5 heteroatoms. The minimum atomic E-state index is -0.635. The second kappa shape index (κ2) is 6.57. The number of carbonyl (C=O) groups excluding carboxylic acids is 2. The Labute approximate surface area is 121 Å². The zero-order valence-corrected chi connectivity index (χ0v) is 12.6. The van der Waals surface area contributed by atoms with Crippen molar-refractivity contribution in [2.75, 3.05) is 19.7 Å². The van der Waals surface area contributed by atoms with E-state index in [1.165, 1.54) is 0 Å². The fourth-order valence-corrected chi connectivity index (χ4v) is 3.13. The number of ether oxygens (including phenoxy) is 1. The summed E-state index contributed by atoms with van der Waals surface area (Å²) in [5, 5.41) is 3.00. The Hall–Kier alpha value is -1.10. The quantitative estimate of drug-likeness (QED) is 0.849. The van der Waals surface area contributed by atoms with Gasteiger partial charge in [-0.2, -0.15) is 0 Å². The van der Waals surface area contributed by atoms with Gasteiger partial charge in [-0.25, -0.2) is 0 Å². The fraction of sp³-hybridized carbons (Fsp3) is 0.867. The molecule has 20 heavy (non-hydrogen) atoms. The van der Waals surface area contributed by atoms with Crippen molar-refractivity contribution in [3.63, 3.8) is 0 Å². The highest BCUT2D eigenvalue weighted by Crippen LogP contribution is 2.31. The van der Waals surface area contributed by atoms with Crippen molar-refractivity contribution in [2.24, 2.45) is 0 Å². The Morgan fingerprint density at radius 1 is 1.25 bits per heavy atom. The number of hydrogen-bond acceptors (Lipinski definition) is 3. The molecule has 5 nitrogen and oxygen atoms in total. The molecular weight excluding hydrogens is 256 g/mol. The van der Waals surface area contributed by atoms with Crippen molar-refractivity contribution >= 4 is 11.8 Å². The van der Waals surface area contributed by atoms with Crippen molar-refractivity contribution in [3.05, 3.63) is 0 Å². The van der Waals surface area contributed by atoms with E-state index in [1.54, 1.807) is 0 Å². The number of nitrogens with one attached hydrogen (secondary N) is 1. The largest absolute Gasteiger partial charge is 0.377 e. The maximum Gasteiger partial charge on any atom is 0.248 e. The molecule has 1 spiro atoms. The summed E-state index contributed by atoms with van der Waals surface area (Å²) < 4.78 is 5.54. The topological polar surface area (TPSA) is 58.6 Å². The van der Waals surface area contributed by atoms with Crippen LogP contribution in [0.4, 0.5) is 0 Å². The van der Waals surface area contributed by atoms with Crippen molar-refractivity contribution in [1.29, 1.82) is 0 Å². The first-order valence-corrected chi connectivity index (χ1v) is 7.75. The Balaban J connectivity index is 2.04. The van der Waals surface area contributed by atoms with E-state index in [1.807, 2.05) is 18.7 Å². The van der Waals surface area contributed by atoms with Crippen LogP contribution in [-0.4, -0.2) is 48.1 Å². The minimum Gasteiger partial charge on any atom is -0.377 e. The SMILES string of the molecule is CC(C)OCCN1CCC(=O)NC2(CCCCC2)C1=O. The lowest BCUT2D eigenvalue weighted by molar-refractivity contribution is -0.141. The van der Waals surface area contributed by atoms with Crippen LogP contribution < -0.4 is 5.32 Å². The molecule has 1 saturated heterocycles. The molecule has 0 radical (unpaired) electrons. The third-order valence-electron chi connectivity index (χ3n) is 4.20. The van der Waals surface area contributed by atoms with Crippen LogP contribution in [0.3, 0.4) is 0 Å². The van der Waals surface area contributed by atoms with E-state index in [2.05, 4.69) is 5.32 Å². The normalized spacial score (nSPS) is 23.1. The van der Waals surface area contributed by atoms with Gasteiger partial charge in [0.25, 0.3) is 0 Å². The van der Waals surface area contributed by atoms with Crippen molar-refractivity contribution in [2.45, 2.75) is 64.0 Å². The molecule has 0 bridgehead atoms. The Bertz CT molecular complexity index is 362. The molecule has 0 aromatic rings. The first-order valence-electron chi connectivity index (χ1n) is 7.75. The molecule has 0 aromatic heterocycles. The lowest BCUT2D eigenvalue weighted by Crippen LogP contribution is -2.58. The molecule has 114 valence electrons. The fourth-order valence-electron chi connectivity index (χ4n) is 3.13. The standard InChI is InChI=1S/C15H26N2O3/c1-12(2)20-11-10-17-9-6-13(18)16-15(14(17)19)7-4-3-5-8-15/h12H,3-11H2,1-2H3,(H,16,18). The van der Waals surface area contributed by atoms with Crippen molar-refractivity contribution in [3.8, 4) is 0 Å². The van der Waals surface area contributed by atoms with Gasteiger partial charge in [-0.05, 0) is 26.7 Å². The summed E-state index contributed by atoms with van der Waals surface area (Å²) in [6.07, 6.45) is 5.31. The molecular formula is C15H26N2O3. The summed E-state index contributed by atoms with van der Waals surface area (Å²) in [5.41, 5.74) is -0.635. The summed E-state index contributed by atoms with van der Waals surface area (Å²) in [4.78, 5) is 26.5. The molecule has 1 aliphatic heterocycles. The molecule has 2 amide bonds. The van der Waals surface area contributed by atoms with Crippen LogP contribution in [0, 0.1) is 0 Å². The number of rotatable bonds is 4.